The lowest BCUT2D eigenvalue weighted by Crippen LogP contribution is -2.36. The Balaban J connectivity index is 4.18. The van der Waals surface area contributed by atoms with Crippen LogP contribution in [-0.2, 0) is 4.79 Å². The third-order valence-corrected chi connectivity index (χ3v) is 2.20. The number of aliphatic carboxylic acids is 1. The molecule has 0 bridgehead atoms. The summed E-state index contributed by atoms with van der Waals surface area (Å²) < 4.78 is 0. The molecule has 0 rings (SSSR count). The second-order valence-corrected chi connectivity index (χ2v) is 3.22. The number of carboxylic acids is 1. The molecule has 0 radical (unpaired) electrons. The predicted molar refractivity (Wildman–Crippen MR) is 43.7 cm³/mol. The van der Waals surface area contributed by atoms with Gasteiger partial charge in [0, 0.05) is 5.92 Å². The van der Waals surface area contributed by atoms with Crippen LogP contribution >= 0.6 is 0 Å². The van der Waals surface area contributed by atoms with Crippen molar-refractivity contribution in [3.63, 3.8) is 0 Å². The van der Waals surface area contributed by atoms with E-state index in [1.807, 2.05) is 0 Å². The minimum atomic E-state index is -1.05. The minimum Gasteiger partial charge on any atom is -0.481 e. The molecule has 0 fully saturated rings. The smallest absolute Gasteiger partial charge is 0.308 e. The first kappa shape index (κ1) is 11.4. The molecular formula is C8H16O4. The van der Waals surface area contributed by atoms with Crippen molar-refractivity contribution in [2.75, 3.05) is 0 Å². The summed E-state index contributed by atoms with van der Waals surface area (Å²) >= 11 is 0. The van der Waals surface area contributed by atoms with Crippen LogP contribution in [0.5, 0.6) is 0 Å². The second-order valence-electron chi connectivity index (χ2n) is 3.22. The molecule has 72 valence electrons. The van der Waals surface area contributed by atoms with Crippen LogP contribution in [0, 0.1) is 11.8 Å². The number of carbonyl (C=O) groups is 1. The molecule has 12 heavy (non-hydrogen) atoms. The van der Waals surface area contributed by atoms with Crippen LogP contribution in [-0.4, -0.2) is 33.5 Å². The summed E-state index contributed by atoms with van der Waals surface area (Å²) in [5.74, 6) is -2.30. The Hall–Kier alpha value is -0.610. The van der Waals surface area contributed by atoms with E-state index in [4.69, 9.17) is 10.2 Å². The highest BCUT2D eigenvalue weighted by molar-refractivity contribution is 5.70. The van der Waals surface area contributed by atoms with E-state index in [1.165, 1.54) is 13.8 Å². The fourth-order valence-corrected chi connectivity index (χ4v) is 0.887. The Kier molecular flexibility index (Phi) is 4.20. The summed E-state index contributed by atoms with van der Waals surface area (Å²) in [6, 6.07) is 0. The van der Waals surface area contributed by atoms with Gasteiger partial charge in [-0.15, -0.1) is 0 Å². The van der Waals surface area contributed by atoms with Gasteiger partial charge in [0.05, 0.1) is 18.1 Å². The summed E-state index contributed by atoms with van der Waals surface area (Å²) in [7, 11) is 0. The maximum atomic E-state index is 10.4. The summed E-state index contributed by atoms with van der Waals surface area (Å²) in [5, 5.41) is 27.0. The zero-order valence-electron chi connectivity index (χ0n) is 7.56. The van der Waals surface area contributed by atoms with Crippen LogP contribution in [0.25, 0.3) is 0 Å². The van der Waals surface area contributed by atoms with Crippen LogP contribution in [0.3, 0.4) is 0 Å². The molecule has 0 aliphatic rings. The van der Waals surface area contributed by atoms with Crippen LogP contribution < -0.4 is 0 Å². The monoisotopic (exact) mass is 176 g/mol. The van der Waals surface area contributed by atoms with Crippen molar-refractivity contribution in [2.45, 2.75) is 33.0 Å². The predicted octanol–water partition coefficient (Wildman–Crippen LogP) is 0.0849. The highest BCUT2D eigenvalue weighted by Crippen LogP contribution is 2.16. The van der Waals surface area contributed by atoms with Crippen LogP contribution in [0.1, 0.15) is 20.8 Å². The number of aliphatic hydroxyl groups excluding tert-OH is 2. The topological polar surface area (TPSA) is 77.8 Å². The SMILES string of the molecule is C[C@H]([C@H](O)[C@@H](C)C(=O)O)[C@H](C)O. The van der Waals surface area contributed by atoms with Gasteiger partial charge in [-0.3, -0.25) is 4.79 Å². The van der Waals surface area contributed by atoms with E-state index in [-0.39, 0.29) is 0 Å². The van der Waals surface area contributed by atoms with E-state index in [1.54, 1.807) is 6.92 Å². The van der Waals surface area contributed by atoms with E-state index in [9.17, 15) is 9.90 Å². The van der Waals surface area contributed by atoms with Gasteiger partial charge in [0.2, 0.25) is 0 Å². The molecule has 0 saturated carbocycles. The highest BCUT2D eigenvalue weighted by atomic mass is 16.4. The molecule has 0 aromatic carbocycles. The molecule has 0 aromatic heterocycles. The number of hydrogen-bond acceptors (Lipinski definition) is 3. The molecule has 0 aliphatic heterocycles. The van der Waals surface area contributed by atoms with Gasteiger partial charge < -0.3 is 15.3 Å². The quantitative estimate of drug-likeness (QED) is 0.567. The molecular weight excluding hydrogens is 160 g/mol. The summed E-state index contributed by atoms with van der Waals surface area (Å²) in [5.41, 5.74) is 0. The first-order valence-corrected chi connectivity index (χ1v) is 3.96. The lowest BCUT2D eigenvalue weighted by Gasteiger charge is -2.24. The van der Waals surface area contributed by atoms with Crippen molar-refractivity contribution in [3.05, 3.63) is 0 Å². The molecule has 0 aromatic rings. The average Bonchev–Trinajstić information content (AvgIpc) is 2.00. The third kappa shape index (κ3) is 2.79. The van der Waals surface area contributed by atoms with Gasteiger partial charge in [-0.1, -0.05) is 6.92 Å². The van der Waals surface area contributed by atoms with Gasteiger partial charge in [0.1, 0.15) is 0 Å². The molecule has 4 heteroatoms. The molecule has 4 nitrogen and oxygen atoms in total. The molecule has 3 N–H and O–H groups in total. The lowest BCUT2D eigenvalue weighted by atomic mass is 9.90. The van der Waals surface area contributed by atoms with Crippen LogP contribution in [0.15, 0.2) is 0 Å². The summed E-state index contributed by atoms with van der Waals surface area (Å²) in [6.45, 7) is 4.57. The standard InChI is InChI=1S/C8H16O4/c1-4(6(3)9)7(10)5(2)8(11)12/h4-7,9-10H,1-3H3,(H,11,12)/t4-,5+,6-,7-/m0/s1. The first-order chi connectivity index (χ1) is 5.37. The largest absolute Gasteiger partial charge is 0.481 e. The Bertz CT molecular complexity index is 155. The van der Waals surface area contributed by atoms with Gasteiger partial charge in [-0.25, -0.2) is 0 Å². The van der Waals surface area contributed by atoms with Crippen molar-refractivity contribution in [1.29, 1.82) is 0 Å². The Morgan fingerprint density at radius 1 is 1.17 bits per heavy atom. The van der Waals surface area contributed by atoms with Crippen molar-refractivity contribution in [3.8, 4) is 0 Å². The zero-order valence-corrected chi connectivity index (χ0v) is 7.56. The zero-order chi connectivity index (χ0) is 9.89. The second kappa shape index (κ2) is 4.42. The Morgan fingerprint density at radius 3 is 1.83 bits per heavy atom. The summed E-state index contributed by atoms with van der Waals surface area (Å²) in [6.07, 6.45) is -1.69. The van der Waals surface area contributed by atoms with E-state index >= 15 is 0 Å². The van der Waals surface area contributed by atoms with Crippen LogP contribution in [0.4, 0.5) is 0 Å². The Morgan fingerprint density at radius 2 is 1.58 bits per heavy atom. The third-order valence-electron chi connectivity index (χ3n) is 2.20. The molecule has 0 spiro atoms. The fourth-order valence-electron chi connectivity index (χ4n) is 0.887. The fraction of sp³-hybridized carbons (Fsp3) is 0.875. The highest BCUT2D eigenvalue weighted by Gasteiger charge is 2.28. The minimum absolute atomic E-state index is 0.420. The first-order valence-electron chi connectivity index (χ1n) is 3.96. The van der Waals surface area contributed by atoms with Gasteiger partial charge in [-0.05, 0) is 13.8 Å². The Labute approximate surface area is 71.8 Å². The van der Waals surface area contributed by atoms with Gasteiger partial charge in [0.15, 0.2) is 0 Å². The molecule has 0 aliphatic carbocycles. The maximum Gasteiger partial charge on any atom is 0.308 e. The van der Waals surface area contributed by atoms with Crippen molar-refractivity contribution < 1.29 is 20.1 Å². The number of aliphatic hydroxyl groups is 2. The van der Waals surface area contributed by atoms with Crippen molar-refractivity contribution >= 4 is 5.97 Å². The van der Waals surface area contributed by atoms with E-state index in [2.05, 4.69) is 0 Å². The van der Waals surface area contributed by atoms with Gasteiger partial charge in [0.25, 0.3) is 0 Å². The summed E-state index contributed by atoms with van der Waals surface area (Å²) in [4.78, 5) is 10.4. The van der Waals surface area contributed by atoms with E-state index < -0.39 is 30.0 Å². The van der Waals surface area contributed by atoms with E-state index in [0.29, 0.717) is 0 Å². The number of rotatable bonds is 4. The molecule has 0 unspecified atom stereocenters. The van der Waals surface area contributed by atoms with Crippen LogP contribution in [0.2, 0.25) is 0 Å². The van der Waals surface area contributed by atoms with Crippen molar-refractivity contribution in [2.24, 2.45) is 11.8 Å². The van der Waals surface area contributed by atoms with Crippen molar-refractivity contribution in [1.82, 2.24) is 0 Å². The van der Waals surface area contributed by atoms with Gasteiger partial charge >= 0.3 is 5.97 Å². The van der Waals surface area contributed by atoms with Gasteiger partial charge in [-0.2, -0.15) is 0 Å². The van der Waals surface area contributed by atoms with E-state index in [0.717, 1.165) is 0 Å². The molecule has 0 heterocycles. The number of carboxylic acid groups (broad SMARTS) is 1. The average molecular weight is 176 g/mol. The molecule has 0 saturated heterocycles. The number of hydrogen-bond donors (Lipinski definition) is 3. The lowest BCUT2D eigenvalue weighted by molar-refractivity contribution is -0.147. The molecule has 0 amide bonds. The maximum absolute atomic E-state index is 10.4. The normalized spacial score (nSPS) is 21.1. The molecule has 4 atom stereocenters.